The van der Waals surface area contributed by atoms with Gasteiger partial charge in [0.05, 0.1) is 11.2 Å². The summed E-state index contributed by atoms with van der Waals surface area (Å²) >= 11 is 0. The Bertz CT molecular complexity index is 436. The van der Waals surface area contributed by atoms with Crippen LogP contribution in [0.2, 0.25) is 0 Å². The lowest BCUT2D eigenvalue weighted by molar-refractivity contribution is -0.0456. The van der Waals surface area contributed by atoms with Crippen molar-refractivity contribution in [3.8, 4) is 0 Å². The van der Waals surface area contributed by atoms with Gasteiger partial charge in [-0.3, -0.25) is 0 Å². The summed E-state index contributed by atoms with van der Waals surface area (Å²) in [5.41, 5.74) is 1.50. The van der Waals surface area contributed by atoms with E-state index in [0.29, 0.717) is 5.65 Å². The number of hydrogen-bond donors (Lipinski definition) is 3. The van der Waals surface area contributed by atoms with E-state index < -0.39 is 6.29 Å². The predicted molar refractivity (Wildman–Crippen MR) is 45.8 cm³/mol. The van der Waals surface area contributed by atoms with Crippen LogP contribution in [-0.4, -0.2) is 25.2 Å². The van der Waals surface area contributed by atoms with Crippen LogP contribution >= 0.6 is 0 Å². The van der Waals surface area contributed by atoms with E-state index in [2.05, 4.69) is 15.0 Å². The number of nitrogens with one attached hydrogen (secondary N) is 1. The minimum Gasteiger partial charge on any atom is -0.363 e. The van der Waals surface area contributed by atoms with Gasteiger partial charge < -0.3 is 15.2 Å². The molecule has 68 valence electrons. The fourth-order valence-corrected chi connectivity index (χ4v) is 1.17. The van der Waals surface area contributed by atoms with E-state index in [1.165, 1.54) is 0 Å². The quantitative estimate of drug-likeness (QED) is 0.548. The van der Waals surface area contributed by atoms with Crippen LogP contribution in [0.25, 0.3) is 11.2 Å². The number of aliphatic hydroxyl groups is 2. The molecule has 0 aliphatic heterocycles. The number of pyridine rings is 1. The molecule has 0 aliphatic rings. The van der Waals surface area contributed by atoms with Crippen molar-refractivity contribution in [2.75, 3.05) is 0 Å². The molecule has 5 nitrogen and oxygen atoms in total. The molecule has 0 atom stereocenters. The standard InChI is InChI=1S/C8H9N3O2/c1-4-9-5-2-3-6(8(12)13)11-7(5)10-4/h2-3,8,12-13H,1H3,(H,9,10,11). The summed E-state index contributed by atoms with van der Waals surface area (Å²) < 4.78 is 0. The molecular weight excluding hydrogens is 170 g/mol. The molecule has 13 heavy (non-hydrogen) atoms. The van der Waals surface area contributed by atoms with Gasteiger partial charge in [-0.1, -0.05) is 0 Å². The SMILES string of the molecule is Cc1nc2nc(C(O)O)ccc2[nH]1. The Morgan fingerprint density at radius 2 is 2.08 bits per heavy atom. The van der Waals surface area contributed by atoms with Crippen molar-refractivity contribution < 1.29 is 10.2 Å². The van der Waals surface area contributed by atoms with Gasteiger partial charge in [0.25, 0.3) is 0 Å². The normalized spacial score (nSPS) is 11.4. The summed E-state index contributed by atoms with van der Waals surface area (Å²) in [6.07, 6.45) is -1.54. The van der Waals surface area contributed by atoms with Gasteiger partial charge in [0.15, 0.2) is 11.9 Å². The first-order valence-electron chi connectivity index (χ1n) is 3.86. The highest BCUT2D eigenvalue weighted by Gasteiger charge is 2.06. The van der Waals surface area contributed by atoms with Crippen LogP contribution in [0.4, 0.5) is 0 Å². The minimum absolute atomic E-state index is 0.207. The molecule has 2 aromatic heterocycles. The number of aromatic amines is 1. The Kier molecular flexibility index (Phi) is 1.75. The maximum Gasteiger partial charge on any atom is 0.196 e. The van der Waals surface area contributed by atoms with Crippen LogP contribution in [0, 0.1) is 6.92 Å². The van der Waals surface area contributed by atoms with Crippen molar-refractivity contribution >= 4 is 11.2 Å². The van der Waals surface area contributed by atoms with Gasteiger partial charge in [-0.25, -0.2) is 9.97 Å². The number of rotatable bonds is 1. The monoisotopic (exact) mass is 179 g/mol. The molecule has 2 aromatic rings. The van der Waals surface area contributed by atoms with E-state index in [0.717, 1.165) is 11.3 Å². The summed E-state index contributed by atoms with van der Waals surface area (Å²) in [6, 6.07) is 3.27. The van der Waals surface area contributed by atoms with Crippen LogP contribution in [0.1, 0.15) is 17.8 Å². The molecular formula is C8H9N3O2. The van der Waals surface area contributed by atoms with Crippen LogP contribution in [0.5, 0.6) is 0 Å². The number of fused-ring (bicyclic) bond motifs is 1. The first-order valence-corrected chi connectivity index (χ1v) is 3.86. The Hall–Kier alpha value is -1.46. The van der Waals surface area contributed by atoms with Gasteiger partial charge in [0.2, 0.25) is 0 Å². The van der Waals surface area contributed by atoms with E-state index >= 15 is 0 Å². The molecule has 0 radical (unpaired) electrons. The average molecular weight is 179 g/mol. The zero-order chi connectivity index (χ0) is 9.42. The van der Waals surface area contributed by atoms with E-state index in [9.17, 15) is 0 Å². The predicted octanol–water partition coefficient (Wildman–Crippen LogP) is 0.250. The Morgan fingerprint density at radius 1 is 1.31 bits per heavy atom. The maximum atomic E-state index is 8.85. The van der Waals surface area contributed by atoms with Gasteiger partial charge in [0, 0.05) is 0 Å². The number of nitrogens with zero attached hydrogens (tertiary/aromatic N) is 2. The summed E-state index contributed by atoms with van der Waals surface area (Å²) in [5.74, 6) is 0.757. The second kappa shape index (κ2) is 2.79. The van der Waals surface area contributed by atoms with E-state index in [1.807, 2.05) is 6.92 Å². The smallest absolute Gasteiger partial charge is 0.196 e. The molecule has 0 spiro atoms. The van der Waals surface area contributed by atoms with Crippen LogP contribution in [-0.2, 0) is 0 Å². The number of aromatic nitrogens is 3. The van der Waals surface area contributed by atoms with E-state index in [4.69, 9.17) is 10.2 Å². The fourth-order valence-electron chi connectivity index (χ4n) is 1.17. The first kappa shape index (κ1) is 8.15. The summed E-state index contributed by atoms with van der Waals surface area (Å²) in [4.78, 5) is 11.0. The molecule has 0 aromatic carbocycles. The lowest BCUT2D eigenvalue weighted by Crippen LogP contribution is -1.97. The molecule has 0 aliphatic carbocycles. The number of H-pyrrole nitrogens is 1. The van der Waals surface area contributed by atoms with E-state index in [-0.39, 0.29) is 5.69 Å². The molecule has 5 heteroatoms. The molecule has 0 unspecified atom stereocenters. The molecule has 3 N–H and O–H groups in total. The Balaban J connectivity index is 2.61. The van der Waals surface area contributed by atoms with Gasteiger partial charge in [-0.15, -0.1) is 0 Å². The topological polar surface area (TPSA) is 82.0 Å². The molecule has 0 fully saturated rings. The average Bonchev–Trinajstić information content (AvgIpc) is 2.42. The van der Waals surface area contributed by atoms with Crippen molar-refractivity contribution in [1.29, 1.82) is 0 Å². The highest BCUT2D eigenvalue weighted by molar-refractivity contribution is 5.70. The highest BCUT2D eigenvalue weighted by Crippen LogP contribution is 2.12. The number of aliphatic hydroxyl groups excluding tert-OH is 1. The van der Waals surface area contributed by atoms with Crippen LogP contribution in [0.15, 0.2) is 12.1 Å². The lowest BCUT2D eigenvalue weighted by atomic mass is 10.3. The molecule has 2 rings (SSSR count). The number of hydrogen-bond acceptors (Lipinski definition) is 4. The zero-order valence-electron chi connectivity index (χ0n) is 7.02. The second-order valence-electron chi connectivity index (χ2n) is 2.80. The van der Waals surface area contributed by atoms with Gasteiger partial charge in [0.1, 0.15) is 5.82 Å². The third-order valence-corrected chi connectivity index (χ3v) is 1.75. The largest absolute Gasteiger partial charge is 0.363 e. The van der Waals surface area contributed by atoms with Crippen molar-refractivity contribution in [2.45, 2.75) is 13.2 Å². The number of aryl methyl sites for hydroxylation is 1. The molecule has 0 bridgehead atoms. The summed E-state index contributed by atoms with van der Waals surface area (Å²) in [7, 11) is 0. The minimum atomic E-state index is -1.54. The van der Waals surface area contributed by atoms with Crippen molar-refractivity contribution in [1.82, 2.24) is 15.0 Å². The van der Waals surface area contributed by atoms with E-state index in [1.54, 1.807) is 12.1 Å². The highest BCUT2D eigenvalue weighted by atomic mass is 16.5. The van der Waals surface area contributed by atoms with Gasteiger partial charge >= 0.3 is 0 Å². The molecule has 0 saturated carbocycles. The summed E-state index contributed by atoms with van der Waals surface area (Å²) in [5, 5.41) is 17.7. The molecule has 2 heterocycles. The van der Waals surface area contributed by atoms with Crippen LogP contribution < -0.4 is 0 Å². The third kappa shape index (κ3) is 1.39. The lowest BCUT2D eigenvalue weighted by Gasteiger charge is -2.00. The zero-order valence-corrected chi connectivity index (χ0v) is 7.02. The number of imidazole rings is 1. The fraction of sp³-hybridized carbons (Fsp3) is 0.250. The first-order chi connectivity index (χ1) is 6.16. The Labute approximate surface area is 74.1 Å². The van der Waals surface area contributed by atoms with Crippen molar-refractivity contribution in [2.24, 2.45) is 0 Å². The third-order valence-electron chi connectivity index (χ3n) is 1.75. The van der Waals surface area contributed by atoms with Gasteiger partial charge in [-0.05, 0) is 19.1 Å². The molecule has 0 saturated heterocycles. The van der Waals surface area contributed by atoms with Crippen molar-refractivity contribution in [3.05, 3.63) is 23.7 Å². The Morgan fingerprint density at radius 3 is 2.77 bits per heavy atom. The van der Waals surface area contributed by atoms with Gasteiger partial charge in [-0.2, -0.15) is 0 Å². The second-order valence-corrected chi connectivity index (χ2v) is 2.80. The van der Waals surface area contributed by atoms with Crippen molar-refractivity contribution in [3.63, 3.8) is 0 Å². The summed E-state index contributed by atoms with van der Waals surface area (Å²) in [6.45, 7) is 1.82. The molecule has 0 amide bonds. The van der Waals surface area contributed by atoms with Crippen LogP contribution in [0.3, 0.4) is 0 Å². The maximum absolute atomic E-state index is 8.85.